The van der Waals surface area contributed by atoms with Crippen molar-refractivity contribution in [3.8, 4) is 0 Å². The molecule has 0 spiro atoms. The van der Waals surface area contributed by atoms with Gasteiger partial charge in [0.2, 0.25) is 0 Å². The van der Waals surface area contributed by atoms with Gasteiger partial charge in [-0.2, -0.15) is 0 Å². The second kappa shape index (κ2) is 6.14. The van der Waals surface area contributed by atoms with Crippen LogP contribution in [0.2, 0.25) is 0 Å². The van der Waals surface area contributed by atoms with Gasteiger partial charge < -0.3 is 0 Å². The molecule has 96 valence electrons. The quantitative estimate of drug-likeness (QED) is 0.718. The molecule has 0 bridgehead atoms. The average Bonchev–Trinajstić information content (AvgIpc) is 2.46. The highest BCUT2D eigenvalue weighted by Crippen LogP contribution is 2.19. The Kier molecular flexibility index (Phi) is 4.30. The third kappa shape index (κ3) is 3.65. The molecule has 2 aromatic carbocycles. The van der Waals surface area contributed by atoms with E-state index in [1.807, 2.05) is 36.4 Å². The number of carbonyl (C=O) groups is 1. The lowest BCUT2D eigenvalue weighted by Crippen LogP contribution is -1.95. The third-order valence-corrected chi connectivity index (χ3v) is 3.20. The van der Waals surface area contributed by atoms with Crippen molar-refractivity contribution in [2.75, 3.05) is 0 Å². The summed E-state index contributed by atoms with van der Waals surface area (Å²) in [6, 6.07) is 18.1. The molecule has 0 heterocycles. The molecule has 0 saturated carbocycles. The number of rotatable bonds is 4. The van der Waals surface area contributed by atoms with E-state index in [-0.39, 0.29) is 5.78 Å². The fraction of sp³-hybridized carbons (Fsp3) is 0.167. The van der Waals surface area contributed by atoms with E-state index in [9.17, 15) is 4.79 Å². The molecule has 0 saturated heterocycles. The fourth-order valence-electron chi connectivity index (χ4n) is 1.97. The Morgan fingerprint density at radius 2 is 1.79 bits per heavy atom. The second-order valence-electron chi connectivity index (χ2n) is 4.74. The molecule has 0 fully saturated rings. The first-order valence-electron chi connectivity index (χ1n) is 6.51. The fourth-order valence-corrected chi connectivity index (χ4v) is 1.97. The zero-order valence-corrected chi connectivity index (χ0v) is 11.3. The summed E-state index contributed by atoms with van der Waals surface area (Å²) < 4.78 is 0. The van der Waals surface area contributed by atoms with Crippen LogP contribution < -0.4 is 0 Å². The first-order valence-corrected chi connectivity index (χ1v) is 6.51. The van der Waals surface area contributed by atoms with Crippen molar-refractivity contribution in [3.05, 3.63) is 77.4 Å². The van der Waals surface area contributed by atoms with Crippen molar-refractivity contribution in [1.29, 1.82) is 0 Å². The predicted molar refractivity (Wildman–Crippen MR) is 80.3 cm³/mol. The Bertz CT molecular complexity index is 582. The van der Waals surface area contributed by atoms with E-state index in [1.165, 1.54) is 11.1 Å². The number of allylic oxidation sites excluding steroid dienone is 1. The van der Waals surface area contributed by atoms with E-state index >= 15 is 0 Å². The maximum atomic E-state index is 11.4. The van der Waals surface area contributed by atoms with Crippen LogP contribution in [0.15, 0.2) is 60.7 Å². The van der Waals surface area contributed by atoms with Crippen molar-refractivity contribution in [2.45, 2.75) is 19.8 Å². The maximum Gasteiger partial charge on any atom is 0.159 e. The Morgan fingerprint density at radius 1 is 1.05 bits per heavy atom. The number of ketones is 1. The molecule has 0 unspecified atom stereocenters. The SMILES string of the molecule is CC(=O)c1cccc([C@@H](C)/C=C/c2ccccc2)c1. The van der Waals surface area contributed by atoms with Crippen molar-refractivity contribution >= 4 is 11.9 Å². The standard InChI is InChI=1S/C18H18O/c1-14(11-12-16-7-4-3-5-8-16)17-9-6-10-18(13-17)15(2)19/h3-14H,1-2H3/b12-11+/t14-/m0/s1. The molecule has 1 atom stereocenters. The molecule has 2 rings (SSSR count). The molecule has 19 heavy (non-hydrogen) atoms. The Balaban J connectivity index is 2.16. The van der Waals surface area contributed by atoms with Crippen molar-refractivity contribution < 1.29 is 4.79 Å². The molecule has 0 radical (unpaired) electrons. The molecule has 0 amide bonds. The van der Waals surface area contributed by atoms with Gasteiger partial charge in [-0.25, -0.2) is 0 Å². The molecule has 0 aliphatic carbocycles. The smallest absolute Gasteiger partial charge is 0.159 e. The molecule has 0 aliphatic heterocycles. The highest BCUT2D eigenvalue weighted by molar-refractivity contribution is 5.94. The number of hydrogen-bond acceptors (Lipinski definition) is 1. The molecular formula is C18H18O. The van der Waals surface area contributed by atoms with Gasteiger partial charge in [0.05, 0.1) is 0 Å². The van der Waals surface area contributed by atoms with Gasteiger partial charge in [0, 0.05) is 5.56 Å². The summed E-state index contributed by atoms with van der Waals surface area (Å²) in [5.74, 6) is 0.403. The minimum absolute atomic E-state index is 0.112. The Morgan fingerprint density at radius 3 is 2.47 bits per heavy atom. The van der Waals surface area contributed by atoms with Crippen LogP contribution in [0.3, 0.4) is 0 Å². The maximum absolute atomic E-state index is 11.4. The van der Waals surface area contributed by atoms with Crippen LogP contribution in [0.5, 0.6) is 0 Å². The van der Waals surface area contributed by atoms with Crippen LogP contribution in [-0.2, 0) is 0 Å². The van der Waals surface area contributed by atoms with E-state index in [0.717, 1.165) is 5.56 Å². The lowest BCUT2D eigenvalue weighted by Gasteiger charge is -2.08. The van der Waals surface area contributed by atoms with Crippen molar-refractivity contribution in [1.82, 2.24) is 0 Å². The van der Waals surface area contributed by atoms with Crippen LogP contribution in [0.4, 0.5) is 0 Å². The minimum atomic E-state index is 0.112. The van der Waals surface area contributed by atoms with E-state index in [1.54, 1.807) is 6.92 Å². The number of hydrogen-bond donors (Lipinski definition) is 0. The molecule has 1 heteroatoms. The van der Waals surface area contributed by atoms with Gasteiger partial charge in [0.1, 0.15) is 0 Å². The first kappa shape index (κ1) is 13.3. The number of benzene rings is 2. The van der Waals surface area contributed by atoms with E-state index in [0.29, 0.717) is 5.92 Å². The second-order valence-corrected chi connectivity index (χ2v) is 4.74. The summed E-state index contributed by atoms with van der Waals surface area (Å²) in [6.45, 7) is 3.74. The highest BCUT2D eigenvalue weighted by Gasteiger charge is 2.04. The van der Waals surface area contributed by atoms with Crippen LogP contribution in [0.25, 0.3) is 6.08 Å². The molecule has 0 aromatic heterocycles. The average molecular weight is 250 g/mol. The lowest BCUT2D eigenvalue weighted by molar-refractivity contribution is 0.101. The van der Waals surface area contributed by atoms with Gasteiger partial charge in [-0.05, 0) is 30.0 Å². The third-order valence-electron chi connectivity index (χ3n) is 3.20. The largest absolute Gasteiger partial charge is 0.295 e. The lowest BCUT2D eigenvalue weighted by atomic mass is 9.97. The Labute approximate surface area is 114 Å². The summed E-state index contributed by atoms with van der Waals surface area (Å²) in [6.07, 6.45) is 4.28. The monoisotopic (exact) mass is 250 g/mol. The summed E-state index contributed by atoms with van der Waals surface area (Å²) in [7, 11) is 0. The van der Waals surface area contributed by atoms with Gasteiger partial charge >= 0.3 is 0 Å². The molecule has 0 N–H and O–H groups in total. The van der Waals surface area contributed by atoms with Crippen molar-refractivity contribution in [3.63, 3.8) is 0 Å². The van der Waals surface area contributed by atoms with Crippen LogP contribution in [0, 0.1) is 0 Å². The number of carbonyl (C=O) groups excluding carboxylic acids is 1. The predicted octanol–water partition coefficient (Wildman–Crippen LogP) is 4.71. The van der Waals surface area contributed by atoms with E-state index < -0.39 is 0 Å². The summed E-state index contributed by atoms with van der Waals surface area (Å²) in [5, 5.41) is 0. The van der Waals surface area contributed by atoms with E-state index in [4.69, 9.17) is 0 Å². The summed E-state index contributed by atoms with van der Waals surface area (Å²) >= 11 is 0. The highest BCUT2D eigenvalue weighted by atomic mass is 16.1. The number of Topliss-reactive ketones (excluding diaryl/α,β-unsaturated/α-hetero) is 1. The van der Waals surface area contributed by atoms with Crippen molar-refractivity contribution in [2.24, 2.45) is 0 Å². The van der Waals surface area contributed by atoms with Gasteiger partial charge in [-0.15, -0.1) is 0 Å². The van der Waals surface area contributed by atoms with Crippen LogP contribution >= 0.6 is 0 Å². The van der Waals surface area contributed by atoms with Gasteiger partial charge in [0.25, 0.3) is 0 Å². The summed E-state index contributed by atoms with van der Waals surface area (Å²) in [5.41, 5.74) is 3.13. The molecule has 1 nitrogen and oxygen atoms in total. The molecular weight excluding hydrogens is 232 g/mol. The van der Waals surface area contributed by atoms with Gasteiger partial charge in [-0.3, -0.25) is 4.79 Å². The normalized spacial score (nSPS) is 12.5. The van der Waals surface area contributed by atoms with Crippen LogP contribution in [0.1, 0.15) is 41.3 Å². The zero-order chi connectivity index (χ0) is 13.7. The molecule has 2 aromatic rings. The first-order chi connectivity index (χ1) is 9.16. The molecule has 0 aliphatic rings. The van der Waals surface area contributed by atoms with Gasteiger partial charge in [-0.1, -0.05) is 67.6 Å². The minimum Gasteiger partial charge on any atom is -0.295 e. The topological polar surface area (TPSA) is 17.1 Å². The van der Waals surface area contributed by atoms with Gasteiger partial charge in [0.15, 0.2) is 5.78 Å². The van der Waals surface area contributed by atoms with Crippen LogP contribution in [-0.4, -0.2) is 5.78 Å². The van der Waals surface area contributed by atoms with E-state index in [2.05, 4.69) is 37.3 Å². The zero-order valence-electron chi connectivity index (χ0n) is 11.3. The summed E-state index contributed by atoms with van der Waals surface area (Å²) in [4.78, 5) is 11.4. The Hall–Kier alpha value is -2.15.